The third kappa shape index (κ3) is 4.96. The number of rotatable bonds is 6. The molecule has 1 amide bonds. The van der Waals surface area contributed by atoms with Crippen LogP contribution in [0.2, 0.25) is 15.1 Å². The van der Waals surface area contributed by atoms with E-state index in [0.29, 0.717) is 38.3 Å². The van der Waals surface area contributed by atoms with Crippen LogP contribution in [0, 0.1) is 0 Å². The van der Waals surface area contributed by atoms with Crippen molar-refractivity contribution < 1.29 is 4.79 Å². The molecule has 3 rings (SSSR count). The Labute approximate surface area is 176 Å². The second-order valence-electron chi connectivity index (χ2n) is 5.52. The lowest BCUT2D eigenvalue weighted by atomic mass is 10.2. The molecule has 1 N–H and O–H groups in total. The predicted molar refractivity (Wildman–Crippen MR) is 112 cm³/mol. The Morgan fingerprint density at radius 2 is 1.78 bits per heavy atom. The van der Waals surface area contributed by atoms with Gasteiger partial charge in [-0.05, 0) is 49.4 Å². The van der Waals surface area contributed by atoms with Gasteiger partial charge < -0.3 is 9.88 Å². The van der Waals surface area contributed by atoms with E-state index in [-0.39, 0.29) is 11.7 Å². The summed E-state index contributed by atoms with van der Waals surface area (Å²) in [6.45, 7) is 2.62. The van der Waals surface area contributed by atoms with Crippen LogP contribution in [0.5, 0.6) is 0 Å². The van der Waals surface area contributed by atoms with Crippen molar-refractivity contribution in [1.29, 1.82) is 0 Å². The maximum absolute atomic E-state index is 12.2. The first-order chi connectivity index (χ1) is 13.0. The smallest absolute Gasteiger partial charge is 0.234 e. The lowest BCUT2D eigenvalue weighted by molar-refractivity contribution is -0.113. The van der Waals surface area contributed by atoms with Crippen molar-refractivity contribution >= 4 is 58.2 Å². The molecule has 3 aromatic rings. The Kier molecular flexibility index (Phi) is 6.65. The van der Waals surface area contributed by atoms with Gasteiger partial charge in [-0.25, -0.2) is 0 Å². The second kappa shape index (κ2) is 8.97. The van der Waals surface area contributed by atoms with Gasteiger partial charge in [-0.15, -0.1) is 10.2 Å². The van der Waals surface area contributed by atoms with Gasteiger partial charge in [-0.3, -0.25) is 4.79 Å². The van der Waals surface area contributed by atoms with Crippen molar-refractivity contribution in [3.8, 4) is 11.4 Å². The molecule has 0 spiro atoms. The van der Waals surface area contributed by atoms with Crippen LogP contribution < -0.4 is 5.32 Å². The fourth-order valence-electron chi connectivity index (χ4n) is 2.41. The average molecular weight is 442 g/mol. The highest BCUT2D eigenvalue weighted by Gasteiger charge is 2.17. The number of hydrogen-bond acceptors (Lipinski definition) is 4. The highest BCUT2D eigenvalue weighted by Crippen LogP contribution is 2.31. The van der Waals surface area contributed by atoms with E-state index in [1.165, 1.54) is 11.8 Å². The number of halogens is 3. The fraction of sp³-hybridized carbons (Fsp3) is 0.167. The number of carbonyl (C=O) groups excluding carboxylic acids is 1. The first-order valence-corrected chi connectivity index (χ1v) is 10.2. The third-order valence-electron chi connectivity index (χ3n) is 3.67. The van der Waals surface area contributed by atoms with E-state index in [0.717, 1.165) is 5.56 Å². The summed E-state index contributed by atoms with van der Waals surface area (Å²) in [5, 5.41) is 13.6. The van der Waals surface area contributed by atoms with E-state index in [1.54, 1.807) is 36.4 Å². The van der Waals surface area contributed by atoms with Crippen LogP contribution in [-0.4, -0.2) is 26.4 Å². The normalized spacial score (nSPS) is 10.8. The maximum atomic E-state index is 12.2. The van der Waals surface area contributed by atoms with E-state index in [1.807, 2.05) is 17.6 Å². The average Bonchev–Trinajstić information content (AvgIpc) is 3.04. The van der Waals surface area contributed by atoms with Crippen molar-refractivity contribution in [3.05, 3.63) is 57.5 Å². The minimum atomic E-state index is -0.140. The van der Waals surface area contributed by atoms with Crippen LogP contribution in [0.3, 0.4) is 0 Å². The van der Waals surface area contributed by atoms with Gasteiger partial charge in [0.15, 0.2) is 11.0 Å². The molecule has 140 valence electrons. The summed E-state index contributed by atoms with van der Waals surface area (Å²) in [4.78, 5) is 12.2. The number of aromatic nitrogens is 3. The van der Waals surface area contributed by atoms with Crippen LogP contribution >= 0.6 is 46.6 Å². The van der Waals surface area contributed by atoms with Gasteiger partial charge >= 0.3 is 0 Å². The Morgan fingerprint density at radius 3 is 2.44 bits per heavy atom. The zero-order valence-electron chi connectivity index (χ0n) is 14.2. The molecule has 0 saturated heterocycles. The molecule has 0 unspecified atom stereocenters. The number of carbonyl (C=O) groups is 1. The van der Waals surface area contributed by atoms with Gasteiger partial charge in [0.1, 0.15) is 0 Å². The number of anilines is 1. The molecule has 0 aliphatic heterocycles. The molecule has 2 aromatic carbocycles. The molecular formula is C18H15Cl3N4OS. The van der Waals surface area contributed by atoms with Crippen molar-refractivity contribution in [3.63, 3.8) is 0 Å². The van der Waals surface area contributed by atoms with E-state index >= 15 is 0 Å². The zero-order valence-corrected chi connectivity index (χ0v) is 17.3. The molecule has 0 fully saturated rings. The summed E-state index contributed by atoms with van der Waals surface area (Å²) in [6, 6.07) is 12.2. The Balaban J connectivity index is 1.71. The summed E-state index contributed by atoms with van der Waals surface area (Å²) in [5.41, 5.74) is 1.43. The lowest BCUT2D eigenvalue weighted by Crippen LogP contribution is -2.14. The van der Waals surface area contributed by atoms with E-state index in [2.05, 4.69) is 15.5 Å². The third-order valence-corrected chi connectivity index (χ3v) is 5.43. The van der Waals surface area contributed by atoms with Crippen LogP contribution in [-0.2, 0) is 11.3 Å². The number of benzene rings is 2. The molecule has 1 heterocycles. The highest BCUT2D eigenvalue weighted by atomic mass is 35.5. The number of nitrogens with one attached hydrogen (secondary N) is 1. The Hall–Kier alpha value is -1.73. The maximum Gasteiger partial charge on any atom is 0.234 e. The zero-order chi connectivity index (χ0) is 19.4. The van der Waals surface area contributed by atoms with Gasteiger partial charge in [0.05, 0.1) is 10.8 Å². The van der Waals surface area contributed by atoms with Gasteiger partial charge in [0.2, 0.25) is 5.91 Å². The van der Waals surface area contributed by atoms with Crippen LogP contribution in [0.4, 0.5) is 5.69 Å². The Morgan fingerprint density at radius 1 is 1.07 bits per heavy atom. The van der Waals surface area contributed by atoms with Crippen LogP contribution in [0.25, 0.3) is 11.4 Å². The monoisotopic (exact) mass is 440 g/mol. The van der Waals surface area contributed by atoms with Crippen LogP contribution in [0.15, 0.2) is 47.6 Å². The van der Waals surface area contributed by atoms with Crippen molar-refractivity contribution in [2.75, 3.05) is 11.1 Å². The van der Waals surface area contributed by atoms with Gasteiger partial charge in [-0.2, -0.15) is 0 Å². The van der Waals surface area contributed by atoms with E-state index in [9.17, 15) is 4.79 Å². The SMILES string of the molecule is CCn1c(SCC(=O)Nc2ccc(Cl)cc2)nnc1-c1ccc(Cl)cc1Cl. The molecule has 27 heavy (non-hydrogen) atoms. The molecule has 0 atom stereocenters. The highest BCUT2D eigenvalue weighted by molar-refractivity contribution is 7.99. The summed E-state index contributed by atoms with van der Waals surface area (Å²) < 4.78 is 1.91. The number of hydrogen-bond donors (Lipinski definition) is 1. The molecule has 1 aromatic heterocycles. The van der Waals surface area contributed by atoms with Gasteiger partial charge in [-0.1, -0.05) is 46.6 Å². The second-order valence-corrected chi connectivity index (χ2v) is 7.74. The minimum Gasteiger partial charge on any atom is -0.325 e. The summed E-state index contributed by atoms with van der Waals surface area (Å²) in [7, 11) is 0. The van der Waals surface area contributed by atoms with Crippen molar-refractivity contribution in [2.45, 2.75) is 18.6 Å². The number of nitrogens with zero attached hydrogens (tertiary/aromatic N) is 3. The number of thioether (sulfide) groups is 1. The molecule has 0 aliphatic rings. The topological polar surface area (TPSA) is 59.8 Å². The molecule has 0 bridgehead atoms. The van der Waals surface area contributed by atoms with Gasteiger partial charge in [0, 0.05) is 27.8 Å². The molecular weight excluding hydrogens is 427 g/mol. The molecule has 5 nitrogen and oxygen atoms in total. The summed E-state index contributed by atoms with van der Waals surface area (Å²) in [5.74, 6) is 0.702. The van der Waals surface area contributed by atoms with Crippen LogP contribution in [0.1, 0.15) is 6.92 Å². The van der Waals surface area contributed by atoms with E-state index < -0.39 is 0 Å². The lowest BCUT2D eigenvalue weighted by Gasteiger charge is -2.09. The first kappa shape index (κ1) is 20.0. The predicted octanol–water partition coefficient (Wildman–Crippen LogP) is 5.66. The first-order valence-electron chi connectivity index (χ1n) is 8.04. The summed E-state index contributed by atoms with van der Waals surface area (Å²) in [6.07, 6.45) is 0. The Bertz CT molecular complexity index is 960. The summed E-state index contributed by atoms with van der Waals surface area (Å²) >= 11 is 19.4. The minimum absolute atomic E-state index is 0.140. The quantitative estimate of drug-likeness (QED) is 0.502. The molecule has 9 heteroatoms. The van der Waals surface area contributed by atoms with Crippen molar-refractivity contribution in [2.24, 2.45) is 0 Å². The number of amides is 1. The van der Waals surface area contributed by atoms with E-state index in [4.69, 9.17) is 34.8 Å². The van der Waals surface area contributed by atoms with Crippen molar-refractivity contribution in [1.82, 2.24) is 14.8 Å². The largest absolute Gasteiger partial charge is 0.325 e. The fourth-order valence-corrected chi connectivity index (χ4v) is 3.83. The molecule has 0 saturated carbocycles. The molecule has 0 aliphatic carbocycles. The standard InChI is InChI=1S/C18H15Cl3N4OS/c1-2-25-17(14-8-5-12(20)9-15(14)21)23-24-18(25)27-10-16(26)22-13-6-3-11(19)4-7-13/h3-9H,2,10H2,1H3,(H,22,26). The van der Waals surface area contributed by atoms with Gasteiger partial charge in [0.25, 0.3) is 0 Å². The molecule has 0 radical (unpaired) electrons.